The van der Waals surface area contributed by atoms with Gasteiger partial charge in [0.05, 0.1) is 25.9 Å². The van der Waals surface area contributed by atoms with E-state index in [1.165, 1.54) is 0 Å². The summed E-state index contributed by atoms with van der Waals surface area (Å²) in [5.74, 6) is 0. The SMILES string of the molecule is CCOCCOCC(O)CNc1cc(Cl)ccc1Br. The van der Waals surface area contributed by atoms with E-state index >= 15 is 0 Å². The Morgan fingerprint density at radius 2 is 2.11 bits per heavy atom. The average molecular weight is 353 g/mol. The summed E-state index contributed by atoms with van der Waals surface area (Å²) in [7, 11) is 0. The number of hydrogen-bond donors (Lipinski definition) is 2. The van der Waals surface area contributed by atoms with Crippen LogP contribution in [0.1, 0.15) is 6.92 Å². The highest BCUT2D eigenvalue weighted by Gasteiger charge is 2.06. The largest absolute Gasteiger partial charge is 0.389 e. The number of hydrogen-bond acceptors (Lipinski definition) is 4. The van der Waals surface area contributed by atoms with Crippen LogP contribution in [-0.4, -0.2) is 44.2 Å². The lowest BCUT2D eigenvalue weighted by molar-refractivity contribution is 0.0103. The third kappa shape index (κ3) is 7.13. The fourth-order valence-corrected chi connectivity index (χ4v) is 1.96. The van der Waals surface area contributed by atoms with Gasteiger partial charge in [0.2, 0.25) is 0 Å². The van der Waals surface area contributed by atoms with Crippen molar-refractivity contribution in [3.05, 3.63) is 27.7 Å². The van der Waals surface area contributed by atoms with Gasteiger partial charge >= 0.3 is 0 Å². The zero-order valence-corrected chi connectivity index (χ0v) is 13.2. The zero-order chi connectivity index (χ0) is 14.1. The van der Waals surface area contributed by atoms with Gasteiger partial charge in [0.1, 0.15) is 0 Å². The number of aliphatic hydroxyl groups excluding tert-OH is 1. The summed E-state index contributed by atoms with van der Waals surface area (Å²) in [6.45, 7) is 4.33. The van der Waals surface area contributed by atoms with Gasteiger partial charge < -0.3 is 19.9 Å². The molecular weight excluding hydrogens is 334 g/mol. The molecule has 0 saturated carbocycles. The number of nitrogens with one attached hydrogen (secondary N) is 1. The molecule has 1 unspecified atom stereocenters. The second-order valence-corrected chi connectivity index (χ2v) is 5.22. The standard InChI is InChI=1S/C13H19BrClNO3/c1-2-18-5-6-19-9-11(17)8-16-13-7-10(15)3-4-12(13)14/h3-4,7,11,16-17H,2,5-6,8-9H2,1H3. The number of halogens is 2. The van der Waals surface area contributed by atoms with Crippen LogP contribution < -0.4 is 5.32 Å². The maximum atomic E-state index is 9.75. The van der Waals surface area contributed by atoms with Crippen LogP contribution in [0.15, 0.2) is 22.7 Å². The number of anilines is 1. The molecule has 0 amide bonds. The van der Waals surface area contributed by atoms with Gasteiger partial charge in [0.15, 0.2) is 0 Å². The van der Waals surface area contributed by atoms with Crippen LogP contribution in [0.3, 0.4) is 0 Å². The first-order valence-corrected chi connectivity index (χ1v) is 7.33. The lowest BCUT2D eigenvalue weighted by atomic mass is 10.3. The fourth-order valence-electron chi connectivity index (χ4n) is 1.40. The molecule has 0 radical (unpaired) electrons. The molecule has 1 rings (SSSR count). The molecule has 4 nitrogen and oxygen atoms in total. The van der Waals surface area contributed by atoms with Gasteiger partial charge in [0, 0.05) is 28.3 Å². The third-order valence-electron chi connectivity index (χ3n) is 2.34. The van der Waals surface area contributed by atoms with Gasteiger partial charge in [-0.2, -0.15) is 0 Å². The van der Waals surface area contributed by atoms with Crippen molar-refractivity contribution in [2.45, 2.75) is 13.0 Å². The Morgan fingerprint density at radius 1 is 1.37 bits per heavy atom. The van der Waals surface area contributed by atoms with Crippen LogP contribution in [0, 0.1) is 0 Å². The lowest BCUT2D eigenvalue weighted by Gasteiger charge is -2.14. The first-order chi connectivity index (χ1) is 9.13. The summed E-state index contributed by atoms with van der Waals surface area (Å²) in [5, 5.41) is 13.5. The van der Waals surface area contributed by atoms with Gasteiger partial charge in [-0.3, -0.25) is 0 Å². The first-order valence-electron chi connectivity index (χ1n) is 6.16. The van der Waals surface area contributed by atoms with E-state index in [2.05, 4.69) is 21.2 Å². The first kappa shape index (κ1) is 16.7. The molecular formula is C13H19BrClNO3. The molecule has 0 aliphatic heterocycles. The molecule has 6 heteroatoms. The van der Waals surface area contributed by atoms with Crippen molar-refractivity contribution in [1.82, 2.24) is 0 Å². The van der Waals surface area contributed by atoms with E-state index in [1.807, 2.05) is 13.0 Å². The highest BCUT2D eigenvalue weighted by atomic mass is 79.9. The summed E-state index contributed by atoms with van der Waals surface area (Å²) in [6.07, 6.45) is -0.576. The second kappa shape index (κ2) is 9.55. The Bertz CT molecular complexity index is 379. The van der Waals surface area contributed by atoms with E-state index in [9.17, 15) is 5.11 Å². The van der Waals surface area contributed by atoms with Crippen LogP contribution in [0.5, 0.6) is 0 Å². The maximum Gasteiger partial charge on any atom is 0.0945 e. The molecule has 0 heterocycles. The Labute approximate surface area is 127 Å². The van der Waals surface area contributed by atoms with Gasteiger partial charge in [-0.05, 0) is 41.1 Å². The average Bonchev–Trinajstić information content (AvgIpc) is 2.39. The molecule has 0 fully saturated rings. The monoisotopic (exact) mass is 351 g/mol. The van der Waals surface area contributed by atoms with Crippen molar-refractivity contribution in [3.63, 3.8) is 0 Å². The van der Waals surface area contributed by atoms with E-state index in [0.717, 1.165) is 10.2 Å². The number of benzene rings is 1. The molecule has 1 aromatic carbocycles. The highest BCUT2D eigenvalue weighted by molar-refractivity contribution is 9.10. The Hall–Kier alpha value is -0.330. The van der Waals surface area contributed by atoms with Crippen LogP contribution in [-0.2, 0) is 9.47 Å². The van der Waals surface area contributed by atoms with Gasteiger partial charge in [-0.25, -0.2) is 0 Å². The third-order valence-corrected chi connectivity index (χ3v) is 3.27. The van der Waals surface area contributed by atoms with Gasteiger partial charge in [0.25, 0.3) is 0 Å². The number of aliphatic hydroxyl groups is 1. The molecule has 1 aromatic rings. The van der Waals surface area contributed by atoms with E-state index < -0.39 is 6.10 Å². The van der Waals surface area contributed by atoms with Crippen molar-refractivity contribution in [2.24, 2.45) is 0 Å². The molecule has 2 N–H and O–H groups in total. The number of rotatable bonds is 9. The molecule has 19 heavy (non-hydrogen) atoms. The summed E-state index contributed by atoms with van der Waals surface area (Å²) >= 11 is 9.31. The quantitative estimate of drug-likeness (QED) is 0.671. The van der Waals surface area contributed by atoms with E-state index in [0.29, 0.717) is 31.4 Å². The highest BCUT2D eigenvalue weighted by Crippen LogP contribution is 2.25. The minimum absolute atomic E-state index is 0.276. The molecule has 0 aliphatic rings. The lowest BCUT2D eigenvalue weighted by Crippen LogP contribution is -2.25. The number of ether oxygens (including phenoxy) is 2. The van der Waals surface area contributed by atoms with Gasteiger partial charge in [-0.15, -0.1) is 0 Å². The molecule has 1 atom stereocenters. The van der Waals surface area contributed by atoms with Crippen LogP contribution in [0.2, 0.25) is 5.02 Å². The minimum atomic E-state index is -0.576. The zero-order valence-electron chi connectivity index (χ0n) is 10.9. The Balaban J connectivity index is 2.22. The summed E-state index contributed by atoms with van der Waals surface area (Å²) in [6, 6.07) is 5.45. The molecule has 0 aliphatic carbocycles. The van der Waals surface area contributed by atoms with Crippen molar-refractivity contribution in [2.75, 3.05) is 38.3 Å². The predicted molar refractivity (Wildman–Crippen MR) is 81.0 cm³/mol. The Morgan fingerprint density at radius 3 is 2.84 bits per heavy atom. The van der Waals surface area contributed by atoms with Crippen molar-refractivity contribution < 1.29 is 14.6 Å². The summed E-state index contributed by atoms with van der Waals surface area (Å²) in [5.41, 5.74) is 0.848. The molecule has 0 spiro atoms. The smallest absolute Gasteiger partial charge is 0.0945 e. The van der Waals surface area contributed by atoms with E-state index in [1.54, 1.807) is 12.1 Å². The molecule has 0 saturated heterocycles. The topological polar surface area (TPSA) is 50.7 Å². The normalized spacial score (nSPS) is 12.4. The summed E-state index contributed by atoms with van der Waals surface area (Å²) in [4.78, 5) is 0. The summed E-state index contributed by atoms with van der Waals surface area (Å²) < 4.78 is 11.3. The molecule has 108 valence electrons. The fraction of sp³-hybridized carbons (Fsp3) is 0.538. The van der Waals surface area contributed by atoms with Crippen molar-refractivity contribution in [1.29, 1.82) is 0 Å². The van der Waals surface area contributed by atoms with E-state index in [4.69, 9.17) is 21.1 Å². The van der Waals surface area contributed by atoms with Crippen LogP contribution in [0.25, 0.3) is 0 Å². The van der Waals surface area contributed by atoms with Crippen molar-refractivity contribution in [3.8, 4) is 0 Å². The molecule has 0 bridgehead atoms. The van der Waals surface area contributed by atoms with Crippen LogP contribution >= 0.6 is 27.5 Å². The van der Waals surface area contributed by atoms with Crippen LogP contribution in [0.4, 0.5) is 5.69 Å². The van der Waals surface area contributed by atoms with Crippen molar-refractivity contribution >= 4 is 33.2 Å². The predicted octanol–water partition coefficient (Wildman–Crippen LogP) is 2.93. The Kier molecular flexibility index (Phi) is 8.41. The van der Waals surface area contributed by atoms with Gasteiger partial charge in [-0.1, -0.05) is 11.6 Å². The minimum Gasteiger partial charge on any atom is -0.389 e. The second-order valence-electron chi connectivity index (χ2n) is 3.93. The molecule has 0 aromatic heterocycles. The van der Waals surface area contributed by atoms with E-state index in [-0.39, 0.29) is 6.61 Å². The maximum absolute atomic E-state index is 9.75.